The third-order valence-electron chi connectivity index (χ3n) is 2.57. The number of benzene rings is 1. The second-order valence-corrected chi connectivity index (χ2v) is 3.65. The predicted molar refractivity (Wildman–Crippen MR) is 55.7 cm³/mol. The summed E-state index contributed by atoms with van der Waals surface area (Å²) in [6, 6.07) is 9.71. The van der Waals surface area contributed by atoms with Crippen molar-refractivity contribution in [3.8, 4) is 0 Å². The van der Waals surface area contributed by atoms with E-state index in [0.717, 1.165) is 11.1 Å². The lowest BCUT2D eigenvalue weighted by Crippen LogP contribution is -2.20. The molecule has 0 amide bonds. The van der Waals surface area contributed by atoms with E-state index in [2.05, 4.69) is 0 Å². The molecule has 2 N–H and O–H groups in total. The Morgan fingerprint density at radius 3 is 2.43 bits per heavy atom. The van der Waals surface area contributed by atoms with Gasteiger partial charge in [-0.2, -0.15) is 0 Å². The molecule has 0 aliphatic heterocycles. The van der Waals surface area contributed by atoms with Crippen LogP contribution in [0.4, 0.5) is 0 Å². The van der Waals surface area contributed by atoms with Crippen molar-refractivity contribution in [2.75, 3.05) is 0 Å². The first kappa shape index (κ1) is 9.44. The maximum absolute atomic E-state index is 9.76. The molecule has 1 aliphatic carbocycles. The lowest BCUT2D eigenvalue weighted by Gasteiger charge is -2.22. The number of hydrogen-bond donors (Lipinski definition) is 2. The molecule has 1 aromatic carbocycles. The summed E-state index contributed by atoms with van der Waals surface area (Å²) in [5.41, 5.74) is 1.85. The molecule has 0 spiro atoms. The maximum Gasteiger partial charge on any atom is 0.0794 e. The summed E-state index contributed by atoms with van der Waals surface area (Å²) in [4.78, 5) is 0. The van der Waals surface area contributed by atoms with Gasteiger partial charge in [0.15, 0.2) is 0 Å². The number of hydrogen-bond acceptors (Lipinski definition) is 2. The van der Waals surface area contributed by atoms with Crippen molar-refractivity contribution < 1.29 is 10.2 Å². The summed E-state index contributed by atoms with van der Waals surface area (Å²) in [7, 11) is 0. The third kappa shape index (κ3) is 1.86. The summed E-state index contributed by atoms with van der Waals surface area (Å²) >= 11 is 0. The van der Waals surface area contributed by atoms with E-state index in [9.17, 15) is 10.2 Å². The average molecular weight is 190 g/mol. The zero-order valence-corrected chi connectivity index (χ0v) is 7.93. The highest BCUT2D eigenvalue weighted by Crippen LogP contribution is 2.27. The summed E-state index contributed by atoms with van der Waals surface area (Å²) < 4.78 is 0. The van der Waals surface area contributed by atoms with Gasteiger partial charge in [0, 0.05) is 0 Å². The highest BCUT2D eigenvalue weighted by molar-refractivity contribution is 5.69. The molecular formula is C12H14O2. The van der Waals surface area contributed by atoms with E-state index in [4.69, 9.17) is 0 Å². The minimum Gasteiger partial charge on any atom is -0.389 e. The van der Waals surface area contributed by atoms with Gasteiger partial charge in [-0.15, -0.1) is 0 Å². The van der Waals surface area contributed by atoms with E-state index >= 15 is 0 Å². The van der Waals surface area contributed by atoms with Gasteiger partial charge in [0.05, 0.1) is 12.2 Å². The van der Waals surface area contributed by atoms with E-state index in [1.54, 1.807) is 6.08 Å². The first-order chi connectivity index (χ1) is 6.77. The van der Waals surface area contributed by atoms with E-state index in [1.165, 1.54) is 0 Å². The Kier molecular flexibility index (Phi) is 2.66. The molecule has 2 heteroatoms. The van der Waals surface area contributed by atoms with Crippen LogP contribution < -0.4 is 0 Å². The van der Waals surface area contributed by atoms with Crippen molar-refractivity contribution in [1.29, 1.82) is 0 Å². The minimum atomic E-state index is -0.430. The van der Waals surface area contributed by atoms with E-state index in [1.807, 2.05) is 30.3 Å². The van der Waals surface area contributed by atoms with Crippen LogP contribution >= 0.6 is 0 Å². The Hall–Kier alpha value is -1.12. The van der Waals surface area contributed by atoms with Crippen LogP contribution in [0, 0.1) is 0 Å². The first-order valence-electron chi connectivity index (χ1n) is 4.90. The van der Waals surface area contributed by atoms with Crippen molar-refractivity contribution in [1.82, 2.24) is 0 Å². The largest absolute Gasteiger partial charge is 0.389 e. The van der Waals surface area contributed by atoms with Crippen molar-refractivity contribution in [2.45, 2.75) is 25.0 Å². The van der Waals surface area contributed by atoms with Gasteiger partial charge in [0.2, 0.25) is 0 Å². The summed E-state index contributed by atoms with van der Waals surface area (Å²) in [5, 5.41) is 19.2. The fourth-order valence-electron chi connectivity index (χ4n) is 1.81. The van der Waals surface area contributed by atoms with Gasteiger partial charge >= 0.3 is 0 Å². The lowest BCUT2D eigenvalue weighted by molar-refractivity contribution is 0.153. The monoisotopic (exact) mass is 190 g/mol. The van der Waals surface area contributed by atoms with Gasteiger partial charge in [-0.3, -0.25) is 0 Å². The van der Waals surface area contributed by atoms with E-state index in [0.29, 0.717) is 12.8 Å². The number of aliphatic hydroxyl groups is 2. The minimum absolute atomic E-state index is 0.409. The first-order valence-corrected chi connectivity index (χ1v) is 4.90. The van der Waals surface area contributed by atoms with Crippen LogP contribution in [0.2, 0.25) is 0 Å². The third-order valence-corrected chi connectivity index (χ3v) is 2.57. The molecule has 2 atom stereocenters. The molecule has 2 rings (SSSR count). The predicted octanol–water partition coefficient (Wildman–Crippen LogP) is 1.59. The molecule has 0 saturated carbocycles. The molecule has 1 aromatic rings. The second kappa shape index (κ2) is 3.95. The normalized spacial score (nSPS) is 27.1. The number of aliphatic hydroxyl groups excluding tert-OH is 2. The summed E-state index contributed by atoms with van der Waals surface area (Å²) in [6.45, 7) is 0. The van der Waals surface area contributed by atoms with Gasteiger partial charge in [-0.25, -0.2) is 0 Å². The highest BCUT2D eigenvalue weighted by Gasteiger charge is 2.20. The fourth-order valence-corrected chi connectivity index (χ4v) is 1.81. The molecule has 0 saturated heterocycles. The van der Waals surface area contributed by atoms with Crippen molar-refractivity contribution in [3.63, 3.8) is 0 Å². The Morgan fingerprint density at radius 2 is 1.71 bits per heavy atom. The van der Waals surface area contributed by atoms with Crippen molar-refractivity contribution in [2.24, 2.45) is 0 Å². The molecule has 0 radical (unpaired) electrons. The molecule has 74 valence electrons. The lowest BCUT2D eigenvalue weighted by atomic mass is 9.90. The standard InChI is InChI=1S/C12H14O2/c13-10-6-7-12(14)11(8-10)9-4-2-1-3-5-9/h1-5,8,10,12-14H,6-7H2/t10-,12+/m1/s1. The Bertz CT molecular complexity index is 329. The maximum atomic E-state index is 9.76. The SMILES string of the molecule is O[C@H]1C=C(c2ccccc2)[C@@H](O)CC1. The van der Waals surface area contributed by atoms with Crippen LogP contribution in [0.3, 0.4) is 0 Å². The molecule has 2 nitrogen and oxygen atoms in total. The molecule has 0 heterocycles. The van der Waals surface area contributed by atoms with Crippen molar-refractivity contribution in [3.05, 3.63) is 42.0 Å². The van der Waals surface area contributed by atoms with E-state index < -0.39 is 12.2 Å². The van der Waals surface area contributed by atoms with E-state index in [-0.39, 0.29) is 0 Å². The van der Waals surface area contributed by atoms with Crippen molar-refractivity contribution >= 4 is 5.57 Å². The Balaban J connectivity index is 2.33. The topological polar surface area (TPSA) is 40.5 Å². The van der Waals surface area contributed by atoms with Gasteiger partial charge < -0.3 is 10.2 Å². The highest BCUT2D eigenvalue weighted by atomic mass is 16.3. The van der Waals surface area contributed by atoms with Crippen LogP contribution in [-0.2, 0) is 0 Å². The summed E-state index contributed by atoms with van der Waals surface area (Å²) in [6.07, 6.45) is 2.21. The average Bonchev–Trinajstić information content (AvgIpc) is 2.23. The van der Waals surface area contributed by atoms with Gasteiger partial charge in [0.1, 0.15) is 0 Å². The fraction of sp³-hybridized carbons (Fsp3) is 0.333. The van der Waals surface area contributed by atoms with Crippen LogP contribution in [-0.4, -0.2) is 22.4 Å². The molecule has 0 bridgehead atoms. The quantitative estimate of drug-likeness (QED) is 0.706. The molecule has 0 unspecified atom stereocenters. The second-order valence-electron chi connectivity index (χ2n) is 3.65. The Labute approximate surface area is 83.5 Å². The van der Waals surface area contributed by atoms with Gasteiger partial charge in [-0.1, -0.05) is 30.3 Å². The smallest absolute Gasteiger partial charge is 0.0794 e. The molecule has 0 aromatic heterocycles. The molecule has 14 heavy (non-hydrogen) atoms. The molecule has 1 aliphatic rings. The summed E-state index contributed by atoms with van der Waals surface area (Å²) in [5.74, 6) is 0. The van der Waals surface area contributed by atoms with Crippen LogP contribution in [0.1, 0.15) is 18.4 Å². The zero-order valence-electron chi connectivity index (χ0n) is 7.93. The van der Waals surface area contributed by atoms with Gasteiger partial charge in [0.25, 0.3) is 0 Å². The molecule has 0 fully saturated rings. The van der Waals surface area contributed by atoms with Crippen LogP contribution in [0.5, 0.6) is 0 Å². The van der Waals surface area contributed by atoms with Crippen LogP contribution in [0.15, 0.2) is 36.4 Å². The number of rotatable bonds is 1. The zero-order chi connectivity index (χ0) is 9.97. The Morgan fingerprint density at radius 1 is 1.00 bits per heavy atom. The molecular weight excluding hydrogens is 176 g/mol. The van der Waals surface area contributed by atoms with Gasteiger partial charge in [-0.05, 0) is 30.1 Å². The van der Waals surface area contributed by atoms with Crippen LogP contribution in [0.25, 0.3) is 5.57 Å².